The highest BCUT2D eigenvalue weighted by molar-refractivity contribution is 6.02. The van der Waals surface area contributed by atoms with Gasteiger partial charge in [-0.1, -0.05) is 27.7 Å². The summed E-state index contributed by atoms with van der Waals surface area (Å²) in [6, 6.07) is 0. The molecule has 0 N–H and O–H groups in total. The number of carbonyl (C=O) groups excluding carboxylic acids is 1. The Hall–Kier alpha value is -2.24. The smallest absolute Gasteiger partial charge is 0.294 e. The molecule has 3 rings (SSSR count). The lowest BCUT2D eigenvalue weighted by molar-refractivity contribution is 0.0912. The van der Waals surface area contributed by atoms with Crippen molar-refractivity contribution in [1.29, 1.82) is 0 Å². The van der Waals surface area contributed by atoms with E-state index in [1.54, 1.807) is 7.05 Å². The number of carbonyl (C=O) groups is 1. The van der Waals surface area contributed by atoms with E-state index in [4.69, 9.17) is 0 Å². The van der Waals surface area contributed by atoms with Gasteiger partial charge in [0.2, 0.25) is 0 Å². The SMILES string of the molecule is CC(C)CCn1c(=O)c2c3c(cnc2n(C)c1=O)C(=O)CC(C)(C)C3. The van der Waals surface area contributed by atoms with Crippen LogP contribution in [0.15, 0.2) is 15.8 Å². The van der Waals surface area contributed by atoms with Crippen molar-refractivity contribution in [3.05, 3.63) is 38.2 Å². The Bertz CT molecular complexity index is 980. The van der Waals surface area contributed by atoms with Crippen LogP contribution in [0.1, 0.15) is 56.5 Å². The summed E-state index contributed by atoms with van der Waals surface area (Å²) in [5.74, 6) is 0.401. The summed E-state index contributed by atoms with van der Waals surface area (Å²) in [5.41, 5.74) is 0.742. The van der Waals surface area contributed by atoms with Gasteiger partial charge in [0.1, 0.15) is 5.65 Å². The molecule has 6 nitrogen and oxygen atoms in total. The largest absolute Gasteiger partial charge is 0.332 e. The quantitative estimate of drug-likeness (QED) is 0.857. The summed E-state index contributed by atoms with van der Waals surface area (Å²) >= 11 is 0. The monoisotopic (exact) mass is 343 g/mol. The lowest BCUT2D eigenvalue weighted by Gasteiger charge is -2.30. The zero-order chi connectivity index (χ0) is 18.5. The summed E-state index contributed by atoms with van der Waals surface area (Å²) in [5, 5.41) is 0.421. The maximum atomic E-state index is 13.1. The number of aromatic nitrogens is 3. The van der Waals surface area contributed by atoms with Crippen molar-refractivity contribution in [3.63, 3.8) is 0 Å². The normalized spacial score (nSPS) is 16.5. The van der Waals surface area contributed by atoms with Gasteiger partial charge in [-0.15, -0.1) is 0 Å². The Balaban J connectivity index is 2.35. The van der Waals surface area contributed by atoms with Crippen molar-refractivity contribution >= 4 is 16.8 Å². The van der Waals surface area contributed by atoms with E-state index in [1.165, 1.54) is 15.3 Å². The molecule has 0 radical (unpaired) electrons. The predicted octanol–water partition coefficient (Wildman–Crippen LogP) is 2.30. The molecule has 0 aromatic carbocycles. The van der Waals surface area contributed by atoms with Crippen molar-refractivity contribution in [2.45, 2.75) is 53.5 Å². The molecular formula is C19H25N3O3. The van der Waals surface area contributed by atoms with Crippen LogP contribution in [0.3, 0.4) is 0 Å². The highest BCUT2D eigenvalue weighted by atomic mass is 16.2. The van der Waals surface area contributed by atoms with Crippen LogP contribution in [0.2, 0.25) is 0 Å². The van der Waals surface area contributed by atoms with Crippen LogP contribution in [-0.2, 0) is 20.0 Å². The Morgan fingerprint density at radius 1 is 1.20 bits per heavy atom. The van der Waals surface area contributed by atoms with Gasteiger partial charge in [-0.2, -0.15) is 0 Å². The zero-order valence-corrected chi connectivity index (χ0v) is 15.5. The van der Waals surface area contributed by atoms with E-state index >= 15 is 0 Å². The number of hydrogen-bond donors (Lipinski definition) is 0. The van der Waals surface area contributed by atoms with Crippen molar-refractivity contribution in [1.82, 2.24) is 14.1 Å². The first-order valence-electron chi connectivity index (χ1n) is 8.77. The molecule has 1 aliphatic carbocycles. The average Bonchev–Trinajstić information content (AvgIpc) is 2.50. The van der Waals surface area contributed by atoms with Gasteiger partial charge in [0, 0.05) is 31.8 Å². The van der Waals surface area contributed by atoms with E-state index in [2.05, 4.69) is 18.8 Å². The van der Waals surface area contributed by atoms with Crippen LogP contribution in [0.25, 0.3) is 11.0 Å². The Morgan fingerprint density at radius 3 is 2.52 bits per heavy atom. The highest BCUT2D eigenvalue weighted by Gasteiger charge is 2.33. The van der Waals surface area contributed by atoms with Crippen LogP contribution in [0, 0.1) is 11.3 Å². The number of rotatable bonds is 3. The minimum Gasteiger partial charge on any atom is -0.294 e. The maximum absolute atomic E-state index is 13.1. The summed E-state index contributed by atoms with van der Waals surface area (Å²) in [6.45, 7) is 8.54. The topological polar surface area (TPSA) is 74.0 Å². The summed E-state index contributed by atoms with van der Waals surface area (Å²) < 4.78 is 2.71. The summed E-state index contributed by atoms with van der Waals surface area (Å²) in [4.78, 5) is 42.5. The Labute approximate surface area is 146 Å². The van der Waals surface area contributed by atoms with Gasteiger partial charge in [-0.3, -0.25) is 18.7 Å². The third-order valence-electron chi connectivity index (χ3n) is 4.99. The fraction of sp³-hybridized carbons (Fsp3) is 0.579. The second-order valence-corrected chi connectivity index (χ2v) is 8.27. The van der Waals surface area contributed by atoms with E-state index in [1.807, 2.05) is 13.8 Å². The van der Waals surface area contributed by atoms with Crippen molar-refractivity contribution in [2.24, 2.45) is 18.4 Å². The van der Waals surface area contributed by atoms with Crippen molar-refractivity contribution in [2.75, 3.05) is 0 Å². The van der Waals surface area contributed by atoms with E-state index in [0.29, 0.717) is 41.9 Å². The molecule has 0 saturated carbocycles. The highest BCUT2D eigenvalue weighted by Crippen LogP contribution is 2.36. The molecule has 25 heavy (non-hydrogen) atoms. The van der Waals surface area contributed by atoms with E-state index in [0.717, 1.165) is 12.0 Å². The van der Waals surface area contributed by atoms with Crippen LogP contribution in [0.4, 0.5) is 0 Å². The van der Waals surface area contributed by atoms with E-state index < -0.39 is 0 Å². The molecule has 0 unspecified atom stereocenters. The van der Waals surface area contributed by atoms with Crippen LogP contribution >= 0.6 is 0 Å². The second-order valence-electron chi connectivity index (χ2n) is 8.27. The number of pyridine rings is 1. The van der Waals surface area contributed by atoms with Gasteiger partial charge in [0.05, 0.1) is 5.39 Å². The molecule has 6 heteroatoms. The molecule has 1 aliphatic rings. The van der Waals surface area contributed by atoms with E-state index in [-0.39, 0.29) is 22.4 Å². The van der Waals surface area contributed by atoms with Crippen LogP contribution in [0.5, 0.6) is 0 Å². The number of hydrogen-bond acceptors (Lipinski definition) is 4. The van der Waals surface area contributed by atoms with Crippen LogP contribution in [-0.4, -0.2) is 19.9 Å². The number of Topliss-reactive ketones (excluding diaryl/α,β-unsaturated/α-hetero) is 1. The molecule has 2 aromatic heterocycles. The summed E-state index contributed by atoms with van der Waals surface area (Å²) in [7, 11) is 1.63. The minimum absolute atomic E-state index is 0.0163. The van der Waals surface area contributed by atoms with E-state index in [9.17, 15) is 14.4 Å². The number of ketones is 1. The predicted molar refractivity (Wildman–Crippen MR) is 97.1 cm³/mol. The molecule has 2 aromatic rings. The molecular weight excluding hydrogens is 318 g/mol. The fourth-order valence-electron chi connectivity index (χ4n) is 3.59. The first-order chi connectivity index (χ1) is 11.6. The molecule has 0 bridgehead atoms. The number of nitrogens with zero attached hydrogens (tertiary/aromatic N) is 3. The number of aryl methyl sites for hydroxylation is 1. The zero-order valence-electron chi connectivity index (χ0n) is 15.5. The molecule has 0 spiro atoms. The van der Waals surface area contributed by atoms with Gasteiger partial charge < -0.3 is 0 Å². The van der Waals surface area contributed by atoms with Crippen LogP contribution < -0.4 is 11.2 Å². The lowest BCUT2D eigenvalue weighted by Crippen LogP contribution is -2.41. The Kier molecular flexibility index (Phi) is 4.17. The van der Waals surface area contributed by atoms with Gasteiger partial charge in [0.25, 0.3) is 5.56 Å². The molecule has 0 fully saturated rings. The third-order valence-corrected chi connectivity index (χ3v) is 4.99. The maximum Gasteiger partial charge on any atom is 0.332 e. The number of fused-ring (bicyclic) bond motifs is 3. The minimum atomic E-state index is -0.355. The molecule has 0 amide bonds. The molecule has 2 heterocycles. The van der Waals surface area contributed by atoms with Crippen molar-refractivity contribution in [3.8, 4) is 0 Å². The standard InChI is InChI=1S/C19H25N3O3/c1-11(2)6-7-22-17(24)15-12-8-19(3,4)9-14(23)13(12)10-20-16(15)21(5)18(22)25/h10-11H,6-9H2,1-5H3. The van der Waals surface area contributed by atoms with Gasteiger partial charge >= 0.3 is 5.69 Å². The summed E-state index contributed by atoms with van der Waals surface area (Å²) in [6.07, 6.45) is 3.34. The second kappa shape index (κ2) is 5.93. The van der Waals surface area contributed by atoms with Gasteiger partial charge in [-0.05, 0) is 29.7 Å². The first-order valence-corrected chi connectivity index (χ1v) is 8.77. The molecule has 0 aliphatic heterocycles. The fourth-order valence-corrected chi connectivity index (χ4v) is 3.59. The molecule has 134 valence electrons. The molecule has 0 saturated heterocycles. The lowest BCUT2D eigenvalue weighted by atomic mass is 9.73. The third kappa shape index (κ3) is 2.94. The first kappa shape index (κ1) is 17.6. The molecule has 0 atom stereocenters. The van der Waals surface area contributed by atoms with Gasteiger partial charge in [-0.25, -0.2) is 9.78 Å². The van der Waals surface area contributed by atoms with Gasteiger partial charge in [0.15, 0.2) is 5.78 Å². The average molecular weight is 343 g/mol. The Morgan fingerprint density at radius 2 is 1.88 bits per heavy atom. The van der Waals surface area contributed by atoms with Crippen molar-refractivity contribution < 1.29 is 4.79 Å².